The van der Waals surface area contributed by atoms with E-state index in [0.717, 1.165) is 13.0 Å². The molecule has 0 aliphatic heterocycles. The predicted octanol–water partition coefficient (Wildman–Crippen LogP) is 2.55. The third-order valence-corrected chi connectivity index (χ3v) is 1.98. The molecule has 0 atom stereocenters. The van der Waals surface area contributed by atoms with Crippen LogP contribution in [0.4, 0.5) is 0 Å². The zero-order valence-corrected chi connectivity index (χ0v) is 10.4. The highest BCUT2D eigenvalue weighted by Gasteiger charge is 2.28. The summed E-state index contributed by atoms with van der Waals surface area (Å²) in [5, 5.41) is 0. The van der Waals surface area contributed by atoms with E-state index in [4.69, 9.17) is 9.31 Å². The van der Waals surface area contributed by atoms with E-state index >= 15 is 0 Å². The first-order valence-electron chi connectivity index (χ1n) is 5.18. The molecule has 0 fully saturated rings. The second-order valence-corrected chi connectivity index (χ2v) is 5.00. The van der Waals surface area contributed by atoms with Crippen LogP contribution in [-0.2, 0) is 9.31 Å². The van der Waals surface area contributed by atoms with E-state index in [9.17, 15) is 0 Å². The molecule has 2 radical (unpaired) electrons. The molecule has 4 heteroatoms. The van der Waals surface area contributed by atoms with Gasteiger partial charge in [0.05, 0.1) is 0 Å². The van der Waals surface area contributed by atoms with Gasteiger partial charge in [0, 0.05) is 12.2 Å². The van der Waals surface area contributed by atoms with Gasteiger partial charge in [-0.3, -0.25) is 0 Å². The van der Waals surface area contributed by atoms with Crippen molar-refractivity contribution in [2.24, 2.45) is 5.41 Å². The summed E-state index contributed by atoms with van der Waals surface area (Å²) in [6.07, 6.45) is 0.970. The van der Waals surface area contributed by atoms with Crippen LogP contribution in [0.1, 0.15) is 34.1 Å². The Bertz CT molecular complexity index is 158. The zero-order valence-electron chi connectivity index (χ0n) is 10.4. The molecule has 0 bridgehead atoms. The first-order chi connectivity index (χ1) is 6.33. The molecule has 0 saturated heterocycles. The van der Waals surface area contributed by atoms with Crippen molar-refractivity contribution in [2.45, 2.75) is 53.4 Å². The Balaban J connectivity index is 4.05. The van der Waals surface area contributed by atoms with Gasteiger partial charge in [-0.1, -0.05) is 27.5 Å². The third kappa shape index (κ3) is 6.50. The van der Waals surface area contributed by atoms with Crippen molar-refractivity contribution in [3.05, 3.63) is 0 Å². The molecule has 0 rings (SSSR count). The Kier molecular flexibility index (Phi) is 5.84. The van der Waals surface area contributed by atoms with E-state index in [2.05, 4.69) is 27.7 Å². The Labute approximate surface area is 90.3 Å². The van der Waals surface area contributed by atoms with Gasteiger partial charge in [-0.25, -0.2) is 0 Å². The maximum Gasteiger partial charge on any atom is 0.289 e. The summed E-state index contributed by atoms with van der Waals surface area (Å²) in [4.78, 5) is 0. The van der Waals surface area contributed by atoms with Gasteiger partial charge in [0.2, 0.25) is 0 Å². The Morgan fingerprint density at radius 1 is 1.00 bits per heavy atom. The molecule has 0 spiro atoms. The SMILES string of the molecule is C[B]OCC(C)(C)CC(C)(C)O[B]C. The molecule has 2 nitrogen and oxygen atoms in total. The average Bonchev–Trinajstić information content (AvgIpc) is 1.98. The van der Waals surface area contributed by atoms with Crippen molar-refractivity contribution in [2.75, 3.05) is 6.61 Å². The first-order valence-corrected chi connectivity index (χ1v) is 5.18. The fourth-order valence-corrected chi connectivity index (χ4v) is 1.87. The van der Waals surface area contributed by atoms with E-state index < -0.39 is 0 Å². The lowest BCUT2D eigenvalue weighted by Crippen LogP contribution is -2.35. The van der Waals surface area contributed by atoms with Crippen molar-refractivity contribution in [1.29, 1.82) is 0 Å². The third-order valence-electron chi connectivity index (χ3n) is 1.98. The molecule has 0 aromatic heterocycles. The second-order valence-electron chi connectivity index (χ2n) is 5.00. The molecule has 14 heavy (non-hydrogen) atoms. The van der Waals surface area contributed by atoms with Gasteiger partial charge in [-0.2, -0.15) is 0 Å². The topological polar surface area (TPSA) is 18.5 Å². The van der Waals surface area contributed by atoms with Crippen molar-refractivity contribution in [1.82, 2.24) is 0 Å². The molecular weight excluding hydrogens is 174 g/mol. The lowest BCUT2D eigenvalue weighted by molar-refractivity contribution is 0.0404. The first kappa shape index (κ1) is 14.0. The largest absolute Gasteiger partial charge is 0.440 e. The summed E-state index contributed by atoms with van der Waals surface area (Å²) in [6, 6.07) is 0. The maximum absolute atomic E-state index is 5.55. The van der Waals surface area contributed by atoms with Crippen molar-refractivity contribution in [3.8, 4) is 0 Å². The van der Waals surface area contributed by atoms with Gasteiger partial charge >= 0.3 is 0 Å². The molecular formula is C10H22B2O2. The van der Waals surface area contributed by atoms with Crippen LogP contribution in [0.3, 0.4) is 0 Å². The van der Waals surface area contributed by atoms with E-state index in [1.54, 1.807) is 15.0 Å². The van der Waals surface area contributed by atoms with Gasteiger partial charge in [0.15, 0.2) is 0 Å². The van der Waals surface area contributed by atoms with Crippen LogP contribution in [0.25, 0.3) is 0 Å². The lowest BCUT2D eigenvalue weighted by atomic mass is 9.81. The Hall–Kier alpha value is 0.0499. The maximum atomic E-state index is 5.55. The zero-order chi connectivity index (χ0) is 11.2. The van der Waals surface area contributed by atoms with E-state index in [0.29, 0.717) is 0 Å². The van der Waals surface area contributed by atoms with E-state index in [1.807, 2.05) is 13.6 Å². The fraction of sp³-hybridized carbons (Fsp3) is 1.00. The minimum Gasteiger partial charge on any atom is -0.440 e. The van der Waals surface area contributed by atoms with Gasteiger partial charge in [0.25, 0.3) is 15.0 Å². The standard InChI is InChI=1S/C10H22B2O2/c1-9(2,8-13-11-5)7-10(3,4)14-12-6/h7-8H2,1-6H3. The van der Waals surface area contributed by atoms with Crippen LogP contribution in [-0.4, -0.2) is 27.2 Å². The Morgan fingerprint density at radius 3 is 2.00 bits per heavy atom. The van der Waals surface area contributed by atoms with Crippen molar-refractivity contribution in [3.63, 3.8) is 0 Å². The molecule has 0 aromatic carbocycles. The van der Waals surface area contributed by atoms with Crippen LogP contribution in [0.2, 0.25) is 13.6 Å². The molecule has 0 heterocycles. The molecule has 0 unspecified atom stereocenters. The van der Waals surface area contributed by atoms with E-state index in [1.165, 1.54) is 0 Å². The minimum absolute atomic E-state index is 0.116. The summed E-state index contributed by atoms with van der Waals surface area (Å²) in [6.45, 7) is 13.1. The quantitative estimate of drug-likeness (QED) is 0.582. The van der Waals surface area contributed by atoms with Crippen molar-refractivity contribution < 1.29 is 9.31 Å². The monoisotopic (exact) mass is 196 g/mol. The molecule has 0 amide bonds. The highest BCUT2D eigenvalue weighted by molar-refractivity contribution is 6.25. The molecule has 0 aliphatic carbocycles. The van der Waals surface area contributed by atoms with Gasteiger partial charge in [0.1, 0.15) is 0 Å². The minimum atomic E-state index is -0.116. The van der Waals surface area contributed by atoms with Crippen LogP contribution in [0.15, 0.2) is 0 Å². The molecule has 80 valence electrons. The number of hydrogen-bond donors (Lipinski definition) is 0. The normalized spacial score (nSPS) is 12.7. The molecule has 0 aliphatic rings. The molecule has 0 aromatic rings. The summed E-state index contributed by atoms with van der Waals surface area (Å²) >= 11 is 0. The Morgan fingerprint density at radius 2 is 1.57 bits per heavy atom. The summed E-state index contributed by atoms with van der Waals surface area (Å²) in [5.74, 6) is 0. The number of rotatable bonds is 7. The fourth-order valence-electron chi connectivity index (χ4n) is 1.87. The average molecular weight is 196 g/mol. The van der Waals surface area contributed by atoms with Gasteiger partial charge < -0.3 is 9.31 Å². The summed E-state index contributed by atoms with van der Waals surface area (Å²) in [7, 11) is 3.49. The van der Waals surface area contributed by atoms with Gasteiger partial charge in [-0.15, -0.1) is 0 Å². The second kappa shape index (κ2) is 5.82. The summed E-state index contributed by atoms with van der Waals surface area (Å²) in [5.41, 5.74) is 0.0222. The van der Waals surface area contributed by atoms with Crippen molar-refractivity contribution >= 4 is 15.0 Å². The molecule has 0 N–H and O–H groups in total. The lowest BCUT2D eigenvalue weighted by Gasteiger charge is -2.35. The summed E-state index contributed by atoms with van der Waals surface area (Å²) < 4.78 is 10.9. The smallest absolute Gasteiger partial charge is 0.289 e. The predicted molar refractivity (Wildman–Crippen MR) is 62.8 cm³/mol. The van der Waals surface area contributed by atoms with E-state index in [-0.39, 0.29) is 11.0 Å². The molecule has 0 saturated carbocycles. The van der Waals surface area contributed by atoms with Crippen LogP contribution < -0.4 is 0 Å². The van der Waals surface area contributed by atoms with Crippen LogP contribution in [0, 0.1) is 5.41 Å². The highest BCUT2D eigenvalue weighted by Crippen LogP contribution is 2.30. The van der Waals surface area contributed by atoms with Gasteiger partial charge in [-0.05, 0) is 25.7 Å². The number of hydrogen-bond acceptors (Lipinski definition) is 2. The van der Waals surface area contributed by atoms with Crippen LogP contribution in [0.5, 0.6) is 0 Å². The highest BCUT2D eigenvalue weighted by atomic mass is 16.5. The van der Waals surface area contributed by atoms with Crippen LogP contribution >= 0.6 is 0 Å².